The van der Waals surface area contributed by atoms with Gasteiger partial charge in [-0.25, -0.2) is 0 Å². The van der Waals surface area contributed by atoms with Crippen LogP contribution in [0.15, 0.2) is 41.1 Å². The average Bonchev–Trinajstić information content (AvgIpc) is 3.26. The van der Waals surface area contributed by atoms with Crippen LogP contribution in [0.4, 0.5) is 0 Å². The Kier molecular flexibility index (Phi) is 2.81. The summed E-state index contributed by atoms with van der Waals surface area (Å²) in [5, 5.41) is 20.5. The molecular formula is C16H11N3S2. The van der Waals surface area contributed by atoms with Gasteiger partial charge in [-0.05, 0) is 22.9 Å². The fraction of sp³-hybridized carbons (Fsp3) is 0.125. The first kappa shape index (κ1) is 12.6. The van der Waals surface area contributed by atoms with Crippen LogP contribution in [0.3, 0.4) is 0 Å². The van der Waals surface area contributed by atoms with E-state index in [9.17, 15) is 0 Å². The molecule has 3 heterocycles. The number of hydrogen-bond acceptors (Lipinski definition) is 4. The van der Waals surface area contributed by atoms with Crippen molar-refractivity contribution in [2.75, 3.05) is 0 Å². The third-order valence-corrected chi connectivity index (χ3v) is 6.00. The molecule has 0 radical (unpaired) electrons. The van der Waals surface area contributed by atoms with Gasteiger partial charge in [0.25, 0.3) is 0 Å². The summed E-state index contributed by atoms with van der Waals surface area (Å²) in [7, 11) is 0. The number of aromatic nitrogens is 2. The number of thiophene rings is 2. The molecule has 0 amide bonds. The lowest BCUT2D eigenvalue weighted by atomic mass is 9.76. The predicted octanol–water partition coefficient (Wildman–Crippen LogP) is 3.96. The molecule has 0 aliphatic heterocycles. The van der Waals surface area contributed by atoms with Gasteiger partial charge in [-0.2, -0.15) is 10.4 Å². The van der Waals surface area contributed by atoms with Crippen LogP contribution in [-0.2, 0) is 11.8 Å². The SMILES string of the molecule is N#Cc1n[nH]c2c1C=CC(c1cccs1)(c1cccs1)C2. The Morgan fingerprint density at radius 1 is 1.19 bits per heavy atom. The second-order valence-corrected chi connectivity index (χ2v) is 6.91. The van der Waals surface area contributed by atoms with Gasteiger partial charge >= 0.3 is 0 Å². The number of nitrogens with zero attached hydrogens (tertiary/aromatic N) is 2. The normalized spacial score (nSPS) is 15.6. The Bertz CT molecular complexity index is 799. The topological polar surface area (TPSA) is 52.5 Å². The Morgan fingerprint density at radius 3 is 2.48 bits per heavy atom. The minimum absolute atomic E-state index is 0.144. The maximum Gasteiger partial charge on any atom is 0.169 e. The molecule has 3 nitrogen and oxygen atoms in total. The van der Waals surface area contributed by atoms with Crippen molar-refractivity contribution in [3.63, 3.8) is 0 Å². The fourth-order valence-corrected chi connectivity index (χ4v) is 4.78. The second-order valence-electron chi connectivity index (χ2n) is 5.01. The highest BCUT2D eigenvalue weighted by Crippen LogP contribution is 2.44. The summed E-state index contributed by atoms with van der Waals surface area (Å²) in [6.07, 6.45) is 5.08. The summed E-state index contributed by atoms with van der Waals surface area (Å²) in [4.78, 5) is 2.64. The molecule has 102 valence electrons. The molecule has 0 bridgehead atoms. The highest BCUT2D eigenvalue weighted by Gasteiger charge is 2.38. The monoisotopic (exact) mass is 309 g/mol. The van der Waals surface area contributed by atoms with Crippen molar-refractivity contribution in [3.8, 4) is 6.07 Å². The van der Waals surface area contributed by atoms with E-state index in [4.69, 9.17) is 5.26 Å². The first-order chi connectivity index (χ1) is 10.3. The number of allylic oxidation sites excluding steroid dienone is 1. The third kappa shape index (κ3) is 1.80. The maximum absolute atomic E-state index is 9.12. The highest BCUT2D eigenvalue weighted by atomic mass is 32.1. The lowest BCUT2D eigenvalue weighted by Gasteiger charge is -2.31. The smallest absolute Gasteiger partial charge is 0.169 e. The molecule has 0 saturated heterocycles. The van der Waals surface area contributed by atoms with Crippen molar-refractivity contribution in [1.29, 1.82) is 5.26 Å². The number of fused-ring (bicyclic) bond motifs is 1. The molecule has 5 heteroatoms. The van der Waals surface area contributed by atoms with E-state index >= 15 is 0 Å². The minimum Gasteiger partial charge on any atom is -0.281 e. The van der Waals surface area contributed by atoms with E-state index < -0.39 is 0 Å². The molecule has 0 fully saturated rings. The van der Waals surface area contributed by atoms with E-state index in [1.807, 2.05) is 6.08 Å². The van der Waals surface area contributed by atoms with Gasteiger partial charge in [0.15, 0.2) is 5.69 Å². The molecule has 0 unspecified atom stereocenters. The van der Waals surface area contributed by atoms with E-state index in [0.29, 0.717) is 5.69 Å². The summed E-state index contributed by atoms with van der Waals surface area (Å²) >= 11 is 3.54. The van der Waals surface area contributed by atoms with Crippen LogP contribution in [0.5, 0.6) is 0 Å². The largest absolute Gasteiger partial charge is 0.281 e. The minimum atomic E-state index is -0.144. The summed E-state index contributed by atoms with van der Waals surface area (Å²) in [5.41, 5.74) is 2.30. The number of H-pyrrole nitrogens is 1. The lowest BCUT2D eigenvalue weighted by molar-refractivity contribution is 0.645. The Labute approximate surface area is 130 Å². The van der Waals surface area contributed by atoms with Crippen LogP contribution in [0.2, 0.25) is 0 Å². The summed E-state index contributed by atoms with van der Waals surface area (Å²) in [6.45, 7) is 0. The van der Waals surface area contributed by atoms with E-state index in [1.165, 1.54) is 9.75 Å². The third-order valence-electron chi connectivity index (χ3n) is 3.90. The zero-order valence-electron chi connectivity index (χ0n) is 11.0. The molecule has 0 aromatic carbocycles. The van der Waals surface area contributed by atoms with E-state index in [2.05, 4.69) is 57.4 Å². The fourth-order valence-electron chi connectivity index (χ4n) is 2.87. The Balaban J connectivity index is 1.91. The first-order valence-corrected chi connectivity index (χ1v) is 8.34. The van der Waals surface area contributed by atoms with Crippen molar-refractivity contribution < 1.29 is 0 Å². The second kappa shape index (κ2) is 4.69. The van der Waals surface area contributed by atoms with Gasteiger partial charge in [-0.1, -0.05) is 24.3 Å². The van der Waals surface area contributed by atoms with Crippen LogP contribution >= 0.6 is 22.7 Å². The standard InChI is InChI=1S/C16H11N3S2/c17-10-13-11-5-6-16(9-12(11)18-19-13,14-3-1-7-20-14)15-4-2-8-21-15/h1-8H,9H2,(H,18,19). The molecule has 4 rings (SSSR count). The molecule has 0 saturated carbocycles. The predicted molar refractivity (Wildman–Crippen MR) is 85.5 cm³/mol. The van der Waals surface area contributed by atoms with Gasteiger partial charge in [0.2, 0.25) is 0 Å². The quantitative estimate of drug-likeness (QED) is 0.779. The van der Waals surface area contributed by atoms with Gasteiger partial charge < -0.3 is 0 Å². The number of aromatic amines is 1. The summed E-state index contributed by atoms with van der Waals surface area (Å²) < 4.78 is 0. The molecule has 3 aromatic heterocycles. The first-order valence-electron chi connectivity index (χ1n) is 6.58. The number of rotatable bonds is 2. The zero-order valence-corrected chi connectivity index (χ0v) is 12.7. The molecule has 1 aliphatic rings. The van der Waals surface area contributed by atoms with Crippen LogP contribution < -0.4 is 0 Å². The molecule has 3 aromatic rings. The molecule has 0 atom stereocenters. The van der Waals surface area contributed by atoms with Crippen LogP contribution in [0.1, 0.15) is 26.7 Å². The van der Waals surface area contributed by atoms with Crippen LogP contribution in [0, 0.1) is 11.3 Å². The number of nitrogens with one attached hydrogen (secondary N) is 1. The Hall–Kier alpha value is -2.16. The lowest BCUT2D eigenvalue weighted by Crippen LogP contribution is -2.28. The highest BCUT2D eigenvalue weighted by molar-refractivity contribution is 7.11. The zero-order chi connectivity index (χ0) is 14.3. The summed E-state index contributed by atoms with van der Waals surface area (Å²) in [5.74, 6) is 0. The van der Waals surface area contributed by atoms with Crippen molar-refractivity contribution in [1.82, 2.24) is 10.2 Å². The van der Waals surface area contributed by atoms with Crippen molar-refractivity contribution in [2.24, 2.45) is 0 Å². The van der Waals surface area contributed by atoms with Gasteiger partial charge in [-0.3, -0.25) is 5.10 Å². The molecular weight excluding hydrogens is 298 g/mol. The van der Waals surface area contributed by atoms with Crippen molar-refractivity contribution in [2.45, 2.75) is 11.8 Å². The van der Waals surface area contributed by atoms with Gasteiger partial charge in [-0.15, -0.1) is 22.7 Å². The van der Waals surface area contributed by atoms with Gasteiger partial charge in [0.05, 0.1) is 5.41 Å². The molecule has 1 aliphatic carbocycles. The van der Waals surface area contributed by atoms with Gasteiger partial charge in [0, 0.05) is 27.4 Å². The molecule has 1 N–H and O–H groups in total. The van der Waals surface area contributed by atoms with Crippen molar-refractivity contribution in [3.05, 3.63) is 67.8 Å². The van der Waals surface area contributed by atoms with Crippen LogP contribution in [-0.4, -0.2) is 10.2 Å². The van der Waals surface area contributed by atoms with Gasteiger partial charge in [0.1, 0.15) is 6.07 Å². The van der Waals surface area contributed by atoms with Crippen molar-refractivity contribution >= 4 is 28.7 Å². The van der Waals surface area contributed by atoms with E-state index in [0.717, 1.165) is 17.7 Å². The maximum atomic E-state index is 9.12. The summed E-state index contributed by atoms with van der Waals surface area (Å²) in [6, 6.07) is 10.7. The van der Waals surface area contributed by atoms with E-state index in [1.54, 1.807) is 22.7 Å². The Morgan fingerprint density at radius 2 is 1.90 bits per heavy atom. The molecule has 0 spiro atoms. The van der Waals surface area contributed by atoms with E-state index in [-0.39, 0.29) is 5.41 Å². The number of nitriles is 1. The number of hydrogen-bond donors (Lipinski definition) is 1. The average molecular weight is 309 g/mol. The van der Waals surface area contributed by atoms with Crippen LogP contribution in [0.25, 0.3) is 6.08 Å². The molecule has 21 heavy (non-hydrogen) atoms.